The number of hydrogen-bond donors (Lipinski definition) is 1. The Morgan fingerprint density at radius 2 is 2.11 bits per heavy atom. The van der Waals surface area contributed by atoms with Gasteiger partial charge in [0.15, 0.2) is 0 Å². The molecule has 98 valence electrons. The Morgan fingerprint density at radius 1 is 1.50 bits per heavy atom. The summed E-state index contributed by atoms with van der Waals surface area (Å²) in [4.78, 5) is 37.3. The fourth-order valence-electron chi connectivity index (χ4n) is 1.56. The third kappa shape index (κ3) is 2.77. The molecule has 1 heterocycles. The van der Waals surface area contributed by atoms with Gasteiger partial charge in [0.25, 0.3) is 5.91 Å². The van der Waals surface area contributed by atoms with Gasteiger partial charge < -0.3 is 10.2 Å². The number of amides is 4. The van der Waals surface area contributed by atoms with E-state index in [9.17, 15) is 14.4 Å². The van der Waals surface area contributed by atoms with E-state index < -0.39 is 17.5 Å². The number of urea groups is 1. The zero-order chi connectivity index (χ0) is 13.9. The van der Waals surface area contributed by atoms with E-state index in [4.69, 9.17) is 5.26 Å². The van der Waals surface area contributed by atoms with Crippen molar-refractivity contribution in [3.05, 3.63) is 0 Å². The summed E-state index contributed by atoms with van der Waals surface area (Å²) >= 11 is 0. The van der Waals surface area contributed by atoms with Crippen LogP contribution in [0.3, 0.4) is 0 Å². The Bertz CT molecular complexity index is 424. The van der Waals surface area contributed by atoms with Crippen LogP contribution in [0.4, 0.5) is 4.79 Å². The molecule has 1 N–H and O–H groups in total. The molecule has 1 aliphatic heterocycles. The molecule has 1 fully saturated rings. The average Bonchev–Trinajstić information content (AvgIpc) is 2.48. The molecule has 0 aromatic rings. The number of carbonyl (C=O) groups excluding carboxylic acids is 3. The first-order valence-corrected chi connectivity index (χ1v) is 5.54. The van der Waals surface area contributed by atoms with Gasteiger partial charge in [0.2, 0.25) is 5.91 Å². The summed E-state index contributed by atoms with van der Waals surface area (Å²) in [6.45, 7) is 3.15. The van der Waals surface area contributed by atoms with E-state index in [1.807, 2.05) is 6.07 Å². The van der Waals surface area contributed by atoms with E-state index in [2.05, 4.69) is 5.32 Å². The maximum Gasteiger partial charge on any atom is 0.325 e. The lowest BCUT2D eigenvalue weighted by molar-refractivity contribution is -0.137. The Morgan fingerprint density at radius 3 is 2.56 bits per heavy atom. The van der Waals surface area contributed by atoms with Crippen LogP contribution in [0.2, 0.25) is 0 Å². The van der Waals surface area contributed by atoms with Gasteiger partial charge in [-0.25, -0.2) is 4.79 Å². The predicted octanol–water partition coefficient (Wildman–Crippen LogP) is -0.311. The van der Waals surface area contributed by atoms with Crippen LogP contribution in [0.5, 0.6) is 0 Å². The van der Waals surface area contributed by atoms with Crippen molar-refractivity contribution in [1.29, 1.82) is 5.26 Å². The molecule has 1 saturated heterocycles. The Kier molecular flexibility index (Phi) is 3.91. The number of nitrogens with one attached hydrogen (secondary N) is 1. The van der Waals surface area contributed by atoms with Crippen molar-refractivity contribution in [2.45, 2.75) is 25.8 Å². The number of likely N-dealkylation sites (N-methyl/N-ethyl adjacent to an activating group) is 1. The maximum absolute atomic E-state index is 11.8. The van der Waals surface area contributed by atoms with Gasteiger partial charge >= 0.3 is 6.03 Å². The molecule has 0 unspecified atom stereocenters. The van der Waals surface area contributed by atoms with Gasteiger partial charge in [0, 0.05) is 13.6 Å². The first kappa shape index (κ1) is 14.0. The van der Waals surface area contributed by atoms with Crippen LogP contribution in [0.25, 0.3) is 0 Å². The van der Waals surface area contributed by atoms with Crippen LogP contribution in [0.1, 0.15) is 20.3 Å². The van der Waals surface area contributed by atoms with Crippen LogP contribution >= 0.6 is 0 Å². The van der Waals surface area contributed by atoms with Gasteiger partial charge in [-0.2, -0.15) is 5.26 Å². The standard InChI is InChI=1S/C11H16N4O3/c1-11(2)9(17)15(10(18)13-11)7-8(16)14(3)6-4-5-12/h4,6-7H2,1-3H3,(H,13,18). The highest BCUT2D eigenvalue weighted by Crippen LogP contribution is 2.16. The fraction of sp³-hybridized carbons (Fsp3) is 0.636. The molecule has 0 atom stereocenters. The Hall–Kier alpha value is -2.10. The molecule has 4 amide bonds. The predicted molar refractivity (Wildman–Crippen MR) is 62.2 cm³/mol. The first-order valence-electron chi connectivity index (χ1n) is 5.54. The molecule has 0 aromatic carbocycles. The number of hydrogen-bond acceptors (Lipinski definition) is 4. The van der Waals surface area contributed by atoms with Crippen LogP contribution in [-0.2, 0) is 9.59 Å². The molecule has 0 saturated carbocycles. The van der Waals surface area contributed by atoms with Crippen LogP contribution in [-0.4, -0.2) is 53.3 Å². The lowest BCUT2D eigenvalue weighted by Gasteiger charge is -2.19. The van der Waals surface area contributed by atoms with Gasteiger partial charge in [-0.1, -0.05) is 0 Å². The highest BCUT2D eigenvalue weighted by Gasteiger charge is 2.45. The molecular formula is C11H16N4O3. The van der Waals surface area contributed by atoms with Crippen molar-refractivity contribution in [1.82, 2.24) is 15.1 Å². The highest BCUT2D eigenvalue weighted by atomic mass is 16.2. The van der Waals surface area contributed by atoms with Crippen molar-refractivity contribution in [3.63, 3.8) is 0 Å². The van der Waals surface area contributed by atoms with Gasteiger partial charge in [-0.15, -0.1) is 0 Å². The number of nitriles is 1. The van der Waals surface area contributed by atoms with Crippen LogP contribution in [0, 0.1) is 11.3 Å². The smallest absolute Gasteiger partial charge is 0.325 e. The maximum atomic E-state index is 11.8. The molecule has 7 heteroatoms. The number of nitrogens with zero attached hydrogens (tertiary/aromatic N) is 3. The second-order valence-corrected chi connectivity index (χ2v) is 4.67. The second kappa shape index (κ2) is 5.04. The van der Waals surface area contributed by atoms with E-state index in [0.29, 0.717) is 0 Å². The van der Waals surface area contributed by atoms with Crippen LogP contribution < -0.4 is 5.32 Å². The summed E-state index contributed by atoms with van der Waals surface area (Å²) in [5, 5.41) is 10.9. The zero-order valence-corrected chi connectivity index (χ0v) is 10.7. The molecule has 0 aliphatic carbocycles. The van der Waals surface area contributed by atoms with Crippen molar-refractivity contribution in [2.24, 2.45) is 0 Å². The molecule has 7 nitrogen and oxygen atoms in total. The first-order chi connectivity index (χ1) is 8.29. The van der Waals surface area contributed by atoms with E-state index in [-0.39, 0.29) is 25.4 Å². The van der Waals surface area contributed by atoms with Gasteiger partial charge in [-0.05, 0) is 13.8 Å². The summed E-state index contributed by atoms with van der Waals surface area (Å²) in [7, 11) is 1.53. The monoisotopic (exact) mass is 252 g/mol. The molecule has 1 aliphatic rings. The van der Waals surface area contributed by atoms with Gasteiger partial charge in [-0.3, -0.25) is 14.5 Å². The number of rotatable bonds is 4. The largest absolute Gasteiger partial charge is 0.343 e. The van der Waals surface area contributed by atoms with Gasteiger partial charge in [0.05, 0.1) is 12.5 Å². The van der Waals surface area contributed by atoms with Gasteiger partial charge in [0.1, 0.15) is 12.1 Å². The summed E-state index contributed by atoms with van der Waals surface area (Å²) in [6.07, 6.45) is 0.216. The Balaban J connectivity index is 2.63. The molecule has 0 spiro atoms. The third-order valence-electron chi connectivity index (χ3n) is 2.72. The topological polar surface area (TPSA) is 93.5 Å². The number of carbonyl (C=O) groups is 3. The molecular weight excluding hydrogens is 236 g/mol. The molecule has 0 radical (unpaired) electrons. The summed E-state index contributed by atoms with van der Waals surface area (Å²) in [6, 6.07) is 1.36. The number of imide groups is 1. The molecule has 0 bridgehead atoms. The van der Waals surface area contributed by atoms with Crippen molar-refractivity contribution >= 4 is 17.8 Å². The minimum Gasteiger partial charge on any atom is -0.343 e. The summed E-state index contributed by atoms with van der Waals surface area (Å²) < 4.78 is 0. The normalized spacial score (nSPS) is 17.3. The fourth-order valence-corrected chi connectivity index (χ4v) is 1.56. The van der Waals surface area contributed by atoms with E-state index in [1.54, 1.807) is 13.8 Å². The molecule has 1 rings (SSSR count). The van der Waals surface area contributed by atoms with E-state index in [1.165, 1.54) is 11.9 Å². The van der Waals surface area contributed by atoms with Crippen molar-refractivity contribution in [2.75, 3.05) is 20.1 Å². The lowest BCUT2D eigenvalue weighted by Crippen LogP contribution is -2.43. The summed E-state index contributed by atoms with van der Waals surface area (Å²) in [5.74, 6) is -0.791. The second-order valence-electron chi connectivity index (χ2n) is 4.67. The van der Waals surface area contributed by atoms with E-state index >= 15 is 0 Å². The van der Waals surface area contributed by atoms with Crippen molar-refractivity contribution < 1.29 is 14.4 Å². The quantitative estimate of drug-likeness (QED) is 0.694. The van der Waals surface area contributed by atoms with Crippen molar-refractivity contribution in [3.8, 4) is 6.07 Å². The molecule has 18 heavy (non-hydrogen) atoms. The lowest BCUT2D eigenvalue weighted by atomic mass is 10.1. The third-order valence-corrected chi connectivity index (χ3v) is 2.72. The highest BCUT2D eigenvalue weighted by molar-refractivity contribution is 6.08. The minimum absolute atomic E-state index is 0.216. The van der Waals surface area contributed by atoms with Crippen LogP contribution in [0.15, 0.2) is 0 Å². The minimum atomic E-state index is -0.970. The SMILES string of the molecule is CN(CCC#N)C(=O)CN1C(=O)NC(C)(C)C1=O. The Labute approximate surface area is 105 Å². The summed E-state index contributed by atoms with van der Waals surface area (Å²) in [5.41, 5.74) is -0.970. The van der Waals surface area contributed by atoms with E-state index in [0.717, 1.165) is 4.90 Å². The zero-order valence-electron chi connectivity index (χ0n) is 10.7. The molecule has 0 aromatic heterocycles. The average molecular weight is 252 g/mol.